The minimum Gasteiger partial charge on any atom is -0.325 e. The molecule has 3 unspecified atom stereocenters. The van der Waals surface area contributed by atoms with Gasteiger partial charge in [-0.25, -0.2) is 0 Å². The normalized spacial score (nSPS) is 32.1. The van der Waals surface area contributed by atoms with Gasteiger partial charge in [-0.05, 0) is 49.9 Å². The van der Waals surface area contributed by atoms with E-state index >= 15 is 0 Å². The lowest BCUT2D eigenvalue weighted by atomic mass is 10.0. The SMILES string of the molecule is CCCCC1NC(C2CCCC2)N(CC(C)C2CC2)C1=O. The number of nitrogens with zero attached hydrogens (tertiary/aromatic N) is 1. The van der Waals surface area contributed by atoms with Gasteiger partial charge in [-0.3, -0.25) is 10.1 Å². The molecule has 3 fully saturated rings. The van der Waals surface area contributed by atoms with Crippen molar-refractivity contribution in [3.05, 3.63) is 0 Å². The van der Waals surface area contributed by atoms with E-state index in [0.717, 1.165) is 25.3 Å². The van der Waals surface area contributed by atoms with Crippen LogP contribution in [0.25, 0.3) is 0 Å². The molecule has 1 heterocycles. The molecule has 21 heavy (non-hydrogen) atoms. The molecule has 0 radical (unpaired) electrons. The number of hydrogen-bond donors (Lipinski definition) is 1. The summed E-state index contributed by atoms with van der Waals surface area (Å²) in [5.41, 5.74) is 0. The van der Waals surface area contributed by atoms with Crippen LogP contribution in [0.4, 0.5) is 0 Å². The minimum atomic E-state index is 0.0990. The first kappa shape index (κ1) is 15.3. The second kappa shape index (κ2) is 6.68. The van der Waals surface area contributed by atoms with E-state index in [1.807, 2.05) is 0 Å². The van der Waals surface area contributed by atoms with Crippen LogP contribution in [0, 0.1) is 17.8 Å². The lowest BCUT2D eigenvalue weighted by Gasteiger charge is -2.31. The van der Waals surface area contributed by atoms with Crippen molar-refractivity contribution < 1.29 is 4.79 Å². The van der Waals surface area contributed by atoms with Crippen LogP contribution in [0.2, 0.25) is 0 Å². The molecule has 0 aromatic carbocycles. The lowest BCUT2D eigenvalue weighted by Crippen LogP contribution is -2.44. The summed E-state index contributed by atoms with van der Waals surface area (Å²) in [5, 5.41) is 3.71. The van der Waals surface area contributed by atoms with Crippen molar-refractivity contribution in [2.45, 2.75) is 83.8 Å². The number of carbonyl (C=O) groups is 1. The Hall–Kier alpha value is -0.570. The molecule has 0 spiro atoms. The first-order valence-corrected chi connectivity index (χ1v) is 9.27. The van der Waals surface area contributed by atoms with Gasteiger partial charge < -0.3 is 4.90 Å². The topological polar surface area (TPSA) is 32.3 Å². The Morgan fingerprint density at radius 3 is 2.57 bits per heavy atom. The van der Waals surface area contributed by atoms with Crippen molar-refractivity contribution in [1.82, 2.24) is 10.2 Å². The Labute approximate surface area is 129 Å². The van der Waals surface area contributed by atoms with E-state index < -0.39 is 0 Å². The van der Waals surface area contributed by atoms with Crippen LogP contribution in [0.1, 0.15) is 71.6 Å². The van der Waals surface area contributed by atoms with Crippen molar-refractivity contribution in [1.29, 1.82) is 0 Å². The van der Waals surface area contributed by atoms with Crippen LogP contribution in [-0.2, 0) is 4.79 Å². The van der Waals surface area contributed by atoms with Crippen molar-refractivity contribution >= 4 is 5.91 Å². The summed E-state index contributed by atoms with van der Waals surface area (Å²) in [6, 6.07) is 0.0990. The Morgan fingerprint density at radius 1 is 1.24 bits per heavy atom. The molecule has 1 aliphatic heterocycles. The highest BCUT2D eigenvalue weighted by Crippen LogP contribution is 2.39. The van der Waals surface area contributed by atoms with E-state index in [0.29, 0.717) is 23.9 Å². The maximum Gasteiger partial charge on any atom is 0.241 e. The zero-order chi connectivity index (χ0) is 14.8. The summed E-state index contributed by atoms with van der Waals surface area (Å²) < 4.78 is 0. The van der Waals surface area contributed by atoms with Gasteiger partial charge in [0.15, 0.2) is 0 Å². The van der Waals surface area contributed by atoms with Crippen LogP contribution in [0.15, 0.2) is 0 Å². The summed E-state index contributed by atoms with van der Waals surface area (Å²) in [6.45, 7) is 5.54. The van der Waals surface area contributed by atoms with Gasteiger partial charge in [0, 0.05) is 6.54 Å². The Morgan fingerprint density at radius 2 is 1.95 bits per heavy atom. The van der Waals surface area contributed by atoms with E-state index in [9.17, 15) is 4.79 Å². The average Bonchev–Trinajstić information content (AvgIpc) is 3.12. The monoisotopic (exact) mass is 292 g/mol. The van der Waals surface area contributed by atoms with Crippen molar-refractivity contribution in [3.63, 3.8) is 0 Å². The Bertz CT molecular complexity index is 360. The van der Waals surface area contributed by atoms with E-state index in [-0.39, 0.29) is 6.04 Å². The summed E-state index contributed by atoms with van der Waals surface area (Å²) in [7, 11) is 0. The fourth-order valence-corrected chi connectivity index (χ4v) is 4.31. The van der Waals surface area contributed by atoms with E-state index in [2.05, 4.69) is 24.1 Å². The van der Waals surface area contributed by atoms with Crippen LogP contribution in [0.3, 0.4) is 0 Å². The molecule has 3 rings (SSSR count). The van der Waals surface area contributed by atoms with Gasteiger partial charge in [-0.15, -0.1) is 0 Å². The number of unbranched alkanes of at least 4 members (excludes halogenated alkanes) is 1. The third-order valence-electron chi connectivity index (χ3n) is 5.89. The molecule has 3 aliphatic rings. The largest absolute Gasteiger partial charge is 0.325 e. The zero-order valence-electron chi connectivity index (χ0n) is 13.8. The molecule has 3 nitrogen and oxygen atoms in total. The molecule has 1 N–H and O–H groups in total. The highest BCUT2D eigenvalue weighted by Gasteiger charge is 2.44. The van der Waals surface area contributed by atoms with Crippen molar-refractivity contribution in [2.24, 2.45) is 17.8 Å². The molecule has 3 atom stereocenters. The molecule has 0 bridgehead atoms. The van der Waals surface area contributed by atoms with Crippen molar-refractivity contribution in [2.75, 3.05) is 6.54 Å². The van der Waals surface area contributed by atoms with Gasteiger partial charge in [0.2, 0.25) is 5.91 Å². The number of carbonyl (C=O) groups excluding carboxylic acids is 1. The highest BCUT2D eigenvalue weighted by atomic mass is 16.2. The molecule has 2 saturated carbocycles. The molecular formula is C18H32N2O. The maximum absolute atomic E-state index is 12.8. The fourth-order valence-electron chi connectivity index (χ4n) is 4.31. The van der Waals surface area contributed by atoms with Gasteiger partial charge in [0.1, 0.15) is 0 Å². The standard InChI is InChI=1S/C18H32N2O/c1-3-4-9-16-18(21)20(12-13(2)14-10-11-14)17(19-16)15-7-5-6-8-15/h13-17,19H,3-12H2,1-2H3. The molecule has 0 aromatic heterocycles. The van der Waals surface area contributed by atoms with Gasteiger partial charge in [-0.1, -0.05) is 39.5 Å². The third-order valence-corrected chi connectivity index (χ3v) is 5.89. The van der Waals surface area contributed by atoms with Gasteiger partial charge in [0.25, 0.3) is 0 Å². The average molecular weight is 292 g/mol. The van der Waals surface area contributed by atoms with Crippen LogP contribution in [0.5, 0.6) is 0 Å². The van der Waals surface area contributed by atoms with E-state index in [1.54, 1.807) is 0 Å². The second-order valence-corrected chi connectivity index (χ2v) is 7.66. The smallest absolute Gasteiger partial charge is 0.241 e. The first-order chi connectivity index (χ1) is 10.2. The Kier molecular flexibility index (Phi) is 4.88. The summed E-state index contributed by atoms with van der Waals surface area (Å²) in [6.07, 6.45) is 11.8. The molecule has 0 aromatic rings. The molecule has 1 amide bonds. The quantitative estimate of drug-likeness (QED) is 0.778. The summed E-state index contributed by atoms with van der Waals surface area (Å²) in [5.74, 6) is 2.67. The van der Waals surface area contributed by atoms with Gasteiger partial charge in [0.05, 0.1) is 12.2 Å². The zero-order valence-corrected chi connectivity index (χ0v) is 13.8. The second-order valence-electron chi connectivity index (χ2n) is 7.66. The summed E-state index contributed by atoms with van der Waals surface area (Å²) in [4.78, 5) is 15.1. The summed E-state index contributed by atoms with van der Waals surface area (Å²) >= 11 is 0. The van der Waals surface area contributed by atoms with Crippen LogP contribution >= 0.6 is 0 Å². The molecule has 3 heteroatoms. The maximum atomic E-state index is 12.8. The number of amides is 1. The lowest BCUT2D eigenvalue weighted by molar-refractivity contribution is -0.131. The van der Waals surface area contributed by atoms with Crippen molar-refractivity contribution in [3.8, 4) is 0 Å². The minimum absolute atomic E-state index is 0.0990. The fraction of sp³-hybridized carbons (Fsp3) is 0.944. The number of hydrogen-bond acceptors (Lipinski definition) is 2. The molecular weight excluding hydrogens is 260 g/mol. The van der Waals surface area contributed by atoms with E-state index in [4.69, 9.17) is 0 Å². The van der Waals surface area contributed by atoms with Crippen LogP contribution in [-0.4, -0.2) is 29.6 Å². The highest BCUT2D eigenvalue weighted by molar-refractivity contribution is 5.84. The van der Waals surface area contributed by atoms with Crippen LogP contribution < -0.4 is 5.32 Å². The molecule has 2 aliphatic carbocycles. The van der Waals surface area contributed by atoms with Gasteiger partial charge >= 0.3 is 0 Å². The Balaban J connectivity index is 1.66. The van der Waals surface area contributed by atoms with E-state index in [1.165, 1.54) is 44.9 Å². The number of nitrogens with one attached hydrogen (secondary N) is 1. The predicted molar refractivity (Wildman–Crippen MR) is 85.8 cm³/mol. The predicted octanol–water partition coefficient (Wildman–Crippen LogP) is 3.54. The first-order valence-electron chi connectivity index (χ1n) is 9.27. The molecule has 120 valence electrons. The molecule has 1 saturated heterocycles. The number of rotatable bonds is 7. The third kappa shape index (κ3) is 3.44. The van der Waals surface area contributed by atoms with Gasteiger partial charge in [-0.2, -0.15) is 0 Å².